The highest BCUT2D eigenvalue weighted by Gasteiger charge is 2.19. The first-order valence-electron chi connectivity index (χ1n) is 7.67. The van der Waals surface area contributed by atoms with Crippen LogP contribution in [0.3, 0.4) is 0 Å². The Kier molecular flexibility index (Phi) is 5.06. The molecule has 2 aromatic carbocycles. The molecule has 0 radical (unpaired) electrons. The van der Waals surface area contributed by atoms with Gasteiger partial charge in [0.1, 0.15) is 4.88 Å². The van der Waals surface area contributed by atoms with E-state index in [-0.39, 0.29) is 6.61 Å². The van der Waals surface area contributed by atoms with Gasteiger partial charge in [-0.3, -0.25) is 4.79 Å². The van der Waals surface area contributed by atoms with Gasteiger partial charge >= 0.3 is 5.97 Å². The number of ether oxygens (including phenoxy) is 1. The van der Waals surface area contributed by atoms with Crippen molar-refractivity contribution in [1.82, 2.24) is 0 Å². The van der Waals surface area contributed by atoms with Crippen molar-refractivity contribution < 1.29 is 14.3 Å². The predicted molar refractivity (Wildman–Crippen MR) is 102 cm³/mol. The molecule has 1 amide bonds. The summed E-state index contributed by atoms with van der Waals surface area (Å²) >= 11 is 7.49. The monoisotopic (exact) mass is 373 g/mol. The fraction of sp³-hybridized carbons (Fsp3) is 0.158. The van der Waals surface area contributed by atoms with Gasteiger partial charge in [-0.15, -0.1) is 11.3 Å². The van der Waals surface area contributed by atoms with Crippen LogP contribution in [0.2, 0.25) is 5.02 Å². The molecule has 0 aliphatic rings. The summed E-state index contributed by atoms with van der Waals surface area (Å²) in [6.07, 6.45) is 0. The first-order valence-corrected chi connectivity index (χ1v) is 8.86. The molecule has 0 unspecified atom stereocenters. The van der Waals surface area contributed by atoms with Crippen LogP contribution in [0.25, 0.3) is 10.1 Å². The van der Waals surface area contributed by atoms with Gasteiger partial charge in [0.05, 0.1) is 5.02 Å². The Morgan fingerprint density at radius 2 is 1.88 bits per heavy atom. The van der Waals surface area contributed by atoms with Crippen molar-refractivity contribution in [1.29, 1.82) is 0 Å². The van der Waals surface area contributed by atoms with Crippen LogP contribution in [0, 0.1) is 13.8 Å². The predicted octanol–water partition coefficient (Wildman–Crippen LogP) is 4.97. The number of benzene rings is 2. The minimum Gasteiger partial charge on any atom is -0.451 e. The Labute approximate surface area is 154 Å². The van der Waals surface area contributed by atoms with Gasteiger partial charge in [-0.1, -0.05) is 35.9 Å². The van der Waals surface area contributed by atoms with E-state index < -0.39 is 11.9 Å². The van der Waals surface area contributed by atoms with Gasteiger partial charge in [-0.25, -0.2) is 4.79 Å². The van der Waals surface area contributed by atoms with Crippen LogP contribution in [-0.4, -0.2) is 18.5 Å². The average Bonchev–Trinajstić information content (AvgIpc) is 2.93. The van der Waals surface area contributed by atoms with Crippen molar-refractivity contribution in [2.24, 2.45) is 0 Å². The average molecular weight is 374 g/mol. The van der Waals surface area contributed by atoms with Gasteiger partial charge in [0.25, 0.3) is 5.91 Å². The molecule has 25 heavy (non-hydrogen) atoms. The number of aryl methyl sites for hydroxylation is 2. The number of esters is 1. The second-order valence-electron chi connectivity index (χ2n) is 5.66. The van der Waals surface area contributed by atoms with Gasteiger partial charge in [0.2, 0.25) is 0 Å². The lowest BCUT2D eigenvalue weighted by Crippen LogP contribution is -2.20. The van der Waals surface area contributed by atoms with Gasteiger partial charge in [-0.2, -0.15) is 0 Å². The third-order valence-corrected chi connectivity index (χ3v) is 5.50. The molecule has 0 atom stereocenters. The molecule has 1 heterocycles. The molecule has 6 heteroatoms. The molecule has 1 aromatic heterocycles. The number of thiophene rings is 1. The number of amides is 1. The first-order chi connectivity index (χ1) is 12.0. The van der Waals surface area contributed by atoms with Crippen molar-refractivity contribution in [3.8, 4) is 0 Å². The highest BCUT2D eigenvalue weighted by atomic mass is 35.5. The molecule has 3 rings (SSSR count). The molecule has 0 aliphatic carbocycles. The fourth-order valence-electron chi connectivity index (χ4n) is 2.36. The Bertz CT molecular complexity index is 964. The van der Waals surface area contributed by atoms with E-state index >= 15 is 0 Å². The molecule has 0 bridgehead atoms. The van der Waals surface area contributed by atoms with Crippen LogP contribution in [0.15, 0.2) is 42.5 Å². The summed E-state index contributed by atoms with van der Waals surface area (Å²) in [6.45, 7) is 3.60. The van der Waals surface area contributed by atoms with Crippen LogP contribution >= 0.6 is 22.9 Å². The van der Waals surface area contributed by atoms with Crippen molar-refractivity contribution in [2.75, 3.05) is 11.9 Å². The number of hydrogen-bond donors (Lipinski definition) is 1. The molecule has 4 nitrogen and oxygen atoms in total. The highest BCUT2D eigenvalue weighted by molar-refractivity contribution is 7.21. The summed E-state index contributed by atoms with van der Waals surface area (Å²) in [5.74, 6) is -0.990. The molecule has 0 saturated heterocycles. The zero-order chi connectivity index (χ0) is 18.0. The Hall–Kier alpha value is -2.37. The number of anilines is 1. The maximum Gasteiger partial charge on any atom is 0.350 e. The maximum absolute atomic E-state index is 12.2. The molecule has 0 fully saturated rings. The number of rotatable bonds is 4. The van der Waals surface area contributed by atoms with Crippen molar-refractivity contribution in [2.45, 2.75) is 13.8 Å². The summed E-state index contributed by atoms with van der Waals surface area (Å²) in [6, 6.07) is 13.1. The maximum atomic E-state index is 12.2. The Morgan fingerprint density at radius 3 is 2.60 bits per heavy atom. The third kappa shape index (κ3) is 3.83. The molecule has 128 valence electrons. The van der Waals surface area contributed by atoms with Gasteiger partial charge in [-0.05, 0) is 43.2 Å². The van der Waals surface area contributed by atoms with E-state index in [1.165, 1.54) is 11.3 Å². The van der Waals surface area contributed by atoms with E-state index in [1.54, 1.807) is 0 Å². The van der Waals surface area contributed by atoms with E-state index in [2.05, 4.69) is 5.32 Å². The minimum atomic E-state index is -0.596. The van der Waals surface area contributed by atoms with Crippen LogP contribution < -0.4 is 5.32 Å². The summed E-state index contributed by atoms with van der Waals surface area (Å²) in [5, 5.41) is 3.88. The zero-order valence-corrected chi connectivity index (χ0v) is 15.3. The largest absolute Gasteiger partial charge is 0.451 e. The molecular formula is C19H16ClNO3S. The Morgan fingerprint density at radius 1 is 1.12 bits per heavy atom. The summed E-state index contributed by atoms with van der Waals surface area (Å²) in [5.41, 5.74) is 2.89. The summed E-state index contributed by atoms with van der Waals surface area (Å²) in [4.78, 5) is 24.5. The lowest BCUT2D eigenvalue weighted by molar-refractivity contribution is -0.119. The normalized spacial score (nSPS) is 10.7. The van der Waals surface area contributed by atoms with Gasteiger partial charge < -0.3 is 10.1 Å². The lowest BCUT2D eigenvalue weighted by Gasteiger charge is -2.08. The van der Waals surface area contributed by atoms with E-state index in [0.717, 1.165) is 21.2 Å². The van der Waals surface area contributed by atoms with Gasteiger partial charge in [0, 0.05) is 15.8 Å². The number of fused-ring (bicyclic) bond motifs is 1. The molecule has 1 N–H and O–H groups in total. The number of carbonyl (C=O) groups is 2. The van der Waals surface area contributed by atoms with Crippen molar-refractivity contribution in [3.05, 3.63) is 63.5 Å². The fourth-order valence-corrected chi connectivity index (χ4v) is 3.76. The highest BCUT2D eigenvalue weighted by Crippen LogP contribution is 2.35. The molecular weight excluding hydrogens is 358 g/mol. The third-order valence-electron chi connectivity index (χ3n) is 3.85. The topological polar surface area (TPSA) is 55.4 Å². The molecule has 0 aliphatic heterocycles. The van der Waals surface area contributed by atoms with Crippen LogP contribution in [0.5, 0.6) is 0 Å². The molecule has 0 spiro atoms. The standard InChI is InChI=1S/C19H16ClNO3S/c1-11-7-8-13(9-12(11)2)21-16(22)10-24-19(23)18-17(20)14-5-3-4-6-15(14)25-18/h3-9H,10H2,1-2H3,(H,21,22). The minimum absolute atomic E-state index is 0.307. The smallest absolute Gasteiger partial charge is 0.350 e. The zero-order valence-electron chi connectivity index (χ0n) is 13.8. The second-order valence-corrected chi connectivity index (χ2v) is 7.09. The molecule has 3 aromatic rings. The summed E-state index contributed by atoms with van der Waals surface area (Å²) < 4.78 is 6.00. The number of carbonyl (C=O) groups excluding carboxylic acids is 2. The van der Waals surface area contributed by atoms with E-state index in [9.17, 15) is 9.59 Å². The van der Waals surface area contributed by atoms with E-state index in [4.69, 9.17) is 16.3 Å². The first kappa shape index (κ1) is 17.5. The SMILES string of the molecule is Cc1ccc(NC(=O)COC(=O)c2sc3ccccc3c2Cl)cc1C. The second kappa shape index (κ2) is 7.25. The number of nitrogens with one attached hydrogen (secondary N) is 1. The molecule has 0 saturated carbocycles. The Balaban J connectivity index is 1.64. The van der Waals surface area contributed by atoms with Gasteiger partial charge in [0.15, 0.2) is 6.61 Å². The number of halogens is 1. The van der Waals surface area contributed by atoms with E-state index in [1.807, 2.05) is 56.3 Å². The van der Waals surface area contributed by atoms with Crippen LogP contribution in [-0.2, 0) is 9.53 Å². The number of hydrogen-bond acceptors (Lipinski definition) is 4. The van der Waals surface area contributed by atoms with Crippen molar-refractivity contribution >= 4 is 50.6 Å². The lowest BCUT2D eigenvalue weighted by atomic mass is 10.1. The quantitative estimate of drug-likeness (QED) is 0.657. The van der Waals surface area contributed by atoms with E-state index in [0.29, 0.717) is 15.6 Å². The van der Waals surface area contributed by atoms with Crippen LogP contribution in [0.4, 0.5) is 5.69 Å². The summed E-state index contributed by atoms with van der Waals surface area (Å²) in [7, 11) is 0. The van der Waals surface area contributed by atoms with Crippen molar-refractivity contribution in [3.63, 3.8) is 0 Å². The van der Waals surface area contributed by atoms with Crippen LogP contribution in [0.1, 0.15) is 20.8 Å².